The molecule has 4 rings (SSSR count). The maximum atomic E-state index is 14.3. The predicted octanol–water partition coefficient (Wildman–Crippen LogP) is 6.11. The molecule has 0 spiro atoms. The molecule has 2 amide bonds. The van der Waals surface area contributed by atoms with E-state index in [0.29, 0.717) is 12.2 Å². The molecule has 0 heterocycles. The summed E-state index contributed by atoms with van der Waals surface area (Å²) in [5.41, 5.74) is 2.08. The summed E-state index contributed by atoms with van der Waals surface area (Å²) in [6, 6.07) is 19.5. The summed E-state index contributed by atoms with van der Waals surface area (Å²) in [5, 5.41) is 3.37. The van der Waals surface area contributed by atoms with Crippen LogP contribution in [-0.4, -0.2) is 50.9 Å². The minimum absolute atomic E-state index is 0.0297. The first-order chi connectivity index (χ1) is 20.6. The number of anilines is 1. The van der Waals surface area contributed by atoms with Crippen LogP contribution in [0.25, 0.3) is 0 Å². The van der Waals surface area contributed by atoms with E-state index >= 15 is 0 Å². The Balaban J connectivity index is 1.72. The molecule has 230 valence electrons. The Morgan fingerprint density at radius 3 is 2.35 bits per heavy atom. The van der Waals surface area contributed by atoms with Gasteiger partial charge in [0.25, 0.3) is 10.0 Å². The van der Waals surface area contributed by atoms with Crippen LogP contribution < -0.4 is 14.4 Å². The second-order valence-corrected chi connectivity index (χ2v) is 13.2. The molecule has 1 saturated carbocycles. The number of rotatable bonds is 12. The van der Waals surface area contributed by atoms with E-state index < -0.39 is 28.5 Å². The number of nitrogens with zero attached hydrogens (tertiary/aromatic N) is 2. The van der Waals surface area contributed by atoms with Gasteiger partial charge in [0.15, 0.2) is 0 Å². The van der Waals surface area contributed by atoms with Crippen molar-refractivity contribution in [3.05, 3.63) is 88.9 Å². The van der Waals surface area contributed by atoms with Gasteiger partial charge in [-0.1, -0.05) is 85.8 Å². The number of aryl methyl sites for hydroxylation is 1. The standard InChI is InChI=1S/C33H40ClN3O5S/c1-4-30(33(39)35-26-14-7-5-8-15-26)36(22-25-13-11-12-24(2)20-25)32(38)23-37(27-18-19-31(42-3)29(34)21-27)43(40,41)28-16-9-6-10-17-28/h6,9-13,16-21,26,30H,4-5,7-8,14-15,22-23H2,1-3H3,(H,35,39)/t30-/m1/s1. The Morgan fingerprint density at radius 1 is 1.00 bits per heavy atom. The number of hydrogen-bond acceptors (Lipinski definition) is 5. The highest BCUT2D eigenvalue weighted by atomic mass is 35.5. The molecule has 1 aliphatic carbocycles. The number of halogens is 1. The number of sulfonamides is 1. The van der Waals surface area contributed by atoms with E-state index in [-0.39, 0.29) is 34.1 Å². The third-order valence-corrected chi connectivity index (χ3v) is 9.89. The number of amides is 2. The highest BCUT2D eigenvalue weighted by molar-refractivity contribution is 7.92. The molecule has 0 bridgehead atoms. The van der Waals surface area contributed by atoms with Crippen molar-refractivity contribution in [1.82, 2.24) is 10.2 Å². The summed E-state index contributed by atoms with van der Waals surface area (Å²) >= 11 is 6.40. The lowest BCUT2D eigenvalue weighted by Gasteiger charge is -2.34. The van der Waals surface area contributed by atoms with Gasteiger partial charge in [-0.25, -0.2) is 8.42 Å². The first-order valence-corrected chi connectivity index (χ1v) is 16.5. The minimum atomic E-state index is -4.19. The lowest BCUT2D eigenvalue weighted by Crippen LogP contribution is -2.54. The topological polar surface area (TPSA) is 96.0 Å². The Kier molecular flexibility index (Phi) is 11.1. The van der Waals surface area contributed by atoms with Crippen LogP contribution in [0.3, 0.4) is 0 Å². The second-order valence-electron chi connectivity index (χ2n) is 10.9. The molecule has 0 aliphatic heterocycles. The molecule has 1 aliphatic rings. The summed E-state index contributed by atoms with van der Waals surface area (Å²) in [6.07, 6.45) is 5.47. The van der Waals surface area contributed by atoms with E-state index in [0.717, 1.165) is 47.5 Å². The number of ether oxygens (including phenoxy) is 1. The number of hydrogen-bond donors (Lipinski definition) is 1. The SMILES string of the molecule is CC[C@H](C(=O)NC1CCCCC1)N(Cc1cccc(C)c1)C(=O)CN(c1ccc(OC)c(Cl)c1)S(=O)(=O)c1ccccc1. The van der Waals surface area contributed by atoms with Crippen molar-refractivity contribution in [2.75, 3.05) is 18.0 Å². The summed E-state index contributed by atoms with van der Waals surface area (Å²) in [7, 11) is -2.72. The Bertz CT molecular complexity index is 1510. The van der Waals surface area contributed by atoms with Gasteiger partial charge in [0.05, 0.1) is 22.7 Å². The van der Waals surface area contributed by atoms with Crippen LogP contribution in [0.2, 0.25) is 5.02 Å². The molecule has 0 radical (unpaired) electrons. The molecule has 1 fully saturated rings. The van der Waals surface area contributed by atoms with Crippen LogP contribution in [0, 0.1) is 6.92 Å². The van der Waals surface area contributed by atoms with Crippen molar-refractivity contribution in [3.63, 3.8) is 0 Å². The second kappa shape index (κ2) is 14.8. The molecule has 10 heteroatoms. The van der Waals surface area contributed by atoms with Crippen molar-refractivity contribution in [3.8, 4) is 5.75 Å². The molecule has 3 aromatic carbocycles. The Labute approximate surface area is 260 Å². The highest BCUT2D eigenvalue weighted by Gasteiger charge is 2.34. The quantitative estimate of drug-likeness (QED) is 0.262. The molecular formula is C33H40ClN3O5S. The van der Waals surface area contributed by atoms with Gasteiger partial charge in [0.2, 0.25) is 11.8 Å². The average Bonchev–Trinajstić information content (AvgIpc) is 3.00. The number of methoxy groups -OCH3 is 1. The highest BCUT2D eigenvalue weighted by Crippen LogP contribution is 2.32. The zero-order valence-electron chi connectivity index (χ0n) is 25.0. The molecular weight excluding hydrogens is 586 g/mol. The van der Waals surface area contributed by atoms with Crippen LogP contribution in [0.1, 0.15) is 56.6 Å². The van der Waals surface area contributed by atoms with Gasteiger partial charge in [-0.2, -0.15) is 0 Å². The largest absolute Gasteiger partial charge is 0.495 e. The maximum absolute atomic E-state index is 14.3. The Morgan fingerprint density at radius 2 is 1.72 bits per heavy atom. The molecule has 43 heavy (non-hydrogen) atoms. The smallest absolute Gasteiger partial charge is 0.264 e. The van der Waals surface area contributed by atoms with Crippen LogP contribution in [0.5, 0.6) is 5.75 Å². The zero-order chi connectivity index (χ0) is 31.0. The number of carbonyl (C=O) groups is 2. The fraction of sp³-hybridized carbons (Fsp3) is 0.394. The van der Waals surface area contributed by atoms with Gasteiger partial charge in [0.1, 0.15) is 18.3 Å². The van der Waals surface area contributed by atoms with Gasteiger partial charge in [0, 0.05) is 12.6 Å². The minimum Gasteiger partial charge on any atom is -0.495 e. The van der Waals surface area contributed by atoms with Crippen molar-refractivity contribution >= 4 is 39.1 Å². The van der Waals surface area contributed by atoms with Crippen molar-refractivity contribution in [1.29, 1.82) is 0 Å². The van der Waals surface area contributed by atoms with Gasteiger partial charge in [-0.15, -0.1) is 0 Å². The van der Waals surface area contributed by atoms with Gasteiger partial charge < -0.3 is 15.0 Å². The number of benzene rings is 3. The lowest BCUT2D eigenvalue weighted by atomic mass is 9.95. The third-order valence-electron chi connectivity index (χ3n) is 7.81. The van der Waals surface area contributed by atoms with Crippen LogP contribution >= 0.6 is 11.6 Å². The summed E-state index contributed by atoms with van der Waals surface area (Å²) < 4.78 is 34.3. The molecule has 0 aromatic heterocycles. The first kappa shape index (κ1) is 32.4. The fourth-order valence-corrected chi connectivity index (χ4v) is 7.21. The van der Waals surface area contributed by atoms with E-state index in [2.05, 4.69) is 5.32 Å². The fourth-order valence-electron chi connectivity index (χ4n) is 5.53. The van der Waals surface area contributed by atoms with Crippen LogP contribution in [0.4, 0.5) is 5.69 Å². The summed E-state index contributed by atoms with van der Waals surface area (Å²) in [6.45, 7) is 3.45. The zero-order valence-corrected chi connectivity index (χ0v) is 26.5. The van der Waals surface area contributed by atoms with Gasteiger partial charge in [-0.3, -0.25) is 13.9 Å². The molecule has 0 unspecified atom stereocenters. The number of nitrogens with one attached hydrogen (secondary N) is 1. The number of carbonyl (C=O) groups excluding carboxylic acids is 2. The van der Waals surface area contributed by atoms with E-state index in [1.54, 1.807) is 30.3 Å². The van der Waals surface area contributed by atoms with E-state index in [4.69, 9.17) is 16.3 Å². The lowest BCUT2D eigenvalue weighted by molar-refractivity contribution is -0.140. The van der Waals surface area contributed by atoms with Crippen molar-refractivity contribution in [2.45, 2.75) is 75.9 Å². The van der Waals surface area contributed by atoms with Crippen LogP contribution in [-0.2, 0) is 26.2 Å². The maximum Gasteiger partial charge on any atom is 0.264 e. The normalized spacial score (nSPS) is 14.5. The summed E-state index contributed by atoms with van der Waals surface area (Å²) in [4.78, 5) is 29.5. The monoisotopic (exact) mass is 625 g/mol. The first-order valence-electron chi connectivity index (χ1n) is 14.7. The van der Waals surface area contributed by atoms with Gasteiger partial charge in [-0.05, 0) is 62.1 Å². The van der Waals surface area contributed by atoms with E-state index in [1.165, 1.54) is 30.2 Å². The van der Waals surface area contributed by atoms with Crippen molar-refractivity contribution in [2.24, 2.45) is 0 Å². The Hall–Kier alpha value is -3.56. The van der Waals surface area contributed by atoms with Crippen molar-refractivity contribution < 1.29 is 22.7 Å². The summed E-state index contributed by atoms with van der Waals surface area (Å²) in [5.74, 6) is -0.348. The van der Waals surface area contributed by atoms with E-state index in [1.807, 2.05) is 38.1 Å². The van der Waals surface area contributed by atoms with Gasteiger partial charge >= 0.3 is 0 Å². The third kappa shape index (κ3) is 8.09. The van der Waals surface area contributed by atoms with E-state index in [9.17, 15) is 18.0 Å². The predicted molar refractivity (Wildman–Crippen MR) is 170 cm³/mol. The molecule has 3 aromatic rings. The molecule has 1 atom stereocenters. The van der Waals surface area contributed by atoms with Crippen LogP contribution in [0.15, 0.2) is 77.7 Å². The molecule has 0 saturated heterocycles. The molecule has 8 nitrogen and oxygen atoms in total. The average molecular weight is 626 g/mol. The molecule has 1 N–H and O–H groups in total.